The fraction of sp³-hybridized carbons (Fsp3) is 0.800. The molecule has 1 atom stereocenters. The first kappa shape index (κ1) is 15.2. The summed E-state index contributed by atoms with van der Waals surface area (Å²) >= 11 is 0. The normalized spacial score (nSPS) is 13.3. The number of hydrogen-bond acceptors (Lipinski definition) is 2. The van der Waals surface area contributed by atoms with Crippen LogP contribution < -0.4 is 5.32 Å². The van der Waals surface area contributed by atoms with Gasteiger partial charge in [-0.15, -0.1) is 0 Å². The maximum atomic E-state index is 4.77. The molecule has 0 aliphatic rings. The molecule has 1 unspecified atom stereocenters. The number of hydrogen-bond donors (Lipinski definition) is 1. The average Bonchev–Trinajstić information content (AvgIpc) is 2.64. The van der Waals surface area contributed by atoms with E-state index in [4.69, 9.17) is 5.10 Å². The van der Waals surface area contributed by atoms with E-state index in [-0.39, 0.29) is 0 Å². The lowest BCUT2D eigenvalue weighted by Crippen LogP contribution is -2.20. The molecule has 0 amide bonds. The molecule has 3 nitrogen and oxygen atoms in total. The monoisotopic (exact) mass is 251 g/mol. The zero-order valence-corrected chi connectivity index (χ0v) is 12.9. The van der Waals surface area contributed by atoms with E-state index in [0.717, 1.165) is 25.9 Å². The highest BCUT2D eigenvalue weighted by atomic mass is 15.3. The second kappa shape index (κ2) is 6.93. The van der Waals surface area contributed by atoms with Gasteiger partial charge >= 0.3 is 0 Å². The summed E-state index contributed by atoms with van der Waals surface area (Å²) in [7, 11) is 0. The lowest BCUT2D eigenvalue weighted by Gasteiger charge is -2.17. The molecule has 3 heteroatoms. The van der Waals surface area contributed by atoms with E-state index in [0.29, 0.717) is 12.0 Å². The number of likely N-dealkylation sites (N-methyl/N-ethyl adjacent to an activating group) is 1. The predicted octanol–water partition coefficient (Wildman–Crippen LogP) is 3.57. The molecule has 1 N–H and O–H groups in total. The van der Waals surface area contributed by atoms with E-state index in [2.05, 4.69) is 51.5 Å². The molecule has 0 aromatic carbocycles. The fourth-order valence-electron chi connectivity index (χ4n) is 2.84. The largest absolute Gasteiger partial charge is 0.316 e. The lowest BCUT2D eigenvalue weighted by atomic mass is 9.99. The topological polar surface area (TPSA) is 29.9 Å². The molecule has 104 valence electrons. The van der Waals surface area contributed by atoms with Gasteiger partial charge in [0.2, 0.25) is 0 Å². The van der Waals surface area contributed by atoms with Gasteiger partial charge < -0.3 is 5.32 Å². The first-order valence-corrected chi connectivity index (χ1v) is 7.32. The molecule has 1 aromatic rings. The van der Waals surface area contributed by atoms with Crippen LogP contribution in [0.1, 0.15) is 69.4 Å². The van der Waals surface area contributed by atoms with Crippen molar-refractivity contribution in [2.45, 2.75) is 66.3 Å². The summed E-state index contributed by atoms with van der Waals surface area (Å²) in [6, 6.07) is 0.545. The molecule has 1 rings (SSSR count). The smallest absolute Gasteiger partial charge is 0.0631 e. The molecule has 0 aliphatic carbocycles. The van der Waals surface area contributed by atoms with Gasteiger partial charge in [-0.3, -0.25) is 4.68 Å². The summed E-state index contributed by atoms with van der Waals surface area (Å²) in [5, 5.41) is 8.20. The van der Waals surface area contributed by atoms with Crippen molar-refractivity contribution in [2.24, 2.45) is 0 Å². The van der Waals surface area contributed by atoms with Gasteiger partial charge in [-0.25, -0.2) is 0 Å². The van der Waals surface area contributed by atoms with Crippen molar-refractivity contribution in [2.75, 3.05) is 13.1 Å². The zero-order chi connectivity index (χ0) is 13.7. The molecule has 0 bridgehead atoms. The molecule has 0 fully saturated rings. The zero-order valence-electron chi connectivity index (χ0n) is 12.9. The second-order valence-corrected chi connectivity index (χ2v) is 5.21. The van der Waals surface area contributed by atoms with Crippen LogP contribution in [0.3, 0.4) is 0 Å². The summed E-state index contributed by atoms with van der Waals surface area (Å²) < 4.78 is 2.24. The summed E-state index contributed by atoms with van der Waals surface area (Å²) in [4.78, 5) is 0. The maximum Gasteiger partial charge on any atom is 0.0631 e. The molecular weight excluding hydrogens is 222 g/mol. The van der Waals surface area contributed by atoms with E-state index in [1.54, 1.807) is 0 Å². The first-order valence-electron chi connectivity index (χ1n) is 7.32. The standard InChI is InChI=1S/C15H29N3/c1-7-14(8-2)18-13(6)15(12(5)17-18)11(4)10-16-9-3/h11,14,16H,7-10H2,1-6H3. The van der Waals surface area contributed by atoms with Gasteiger partial charge in [0, 0.05) is 17.8 Å². The van der Waals surface area contributed by atoms with E-state index in [1.807, 2.05) is 0 Å². The maximum absolute atomic E-state index is 4.77. The molecule has 0 aliphatic heterocycles. The van der Waals surface area contributed by atoms with Crippen LogP contribution in [0.2, 0.25) is 0 Å². The van der Waals surface area contributed by atoms with Crippen LogP contribution in [-0.2, 0) is 0 Å². The highest BCUT2D eigenvalue weighted by Gasteiger charge is 2.20. The lowest BCUT2D eigenvalue weighted by molar-refractivity contribution is 0.417. The van der Waals surface area contributed by atoms with Crippen LogP contribution in [0, 0.1) is 13.8 Å². The van der Waals surface area contributed by atoms with Crippen molar-refractivity contribution in [3.05, 3.63) is 17.0 Å². The van der Waals surface area contributed by atoms with E-state index >= 15 is 0 Å². The minimum absolute atomic E-state index is 0.535. The van der Waals surface area contributed by atoms with Crippen molar-refractivity contribution >= 4 is 0 Å². The molecule has 1 heterocycles. The molecular formula is C15H29N3. The Kier molecular flexibility index (Phi) is 5.86. The molecule has 0 spiro atoms. The molecule has 0 saturated carbocycles. The van der Waals surface area contributed by atoms with Crippen molar-refractivity contribution in [3.63, 3.8) is 0 Å². The van der Waals surface area contributed by atoms with Gasteiger partial charge in [-0.05, 0) is 39.2 Å². The van der Waals surface area contributed by atoms with Gasteiger partial charge in [0.25, 0.3) is 0 Å². The average molecular weight is 251 g/mol. The second-order valence-electron chi connectivity index (χ2n) is 5.21. The number of nitrogens with zero attached hydrogens (tertiary/aromatic N) is 2. The van der Waals surface area contributed by atoms with Crippen LogP contribution >= 0.6 is 0 Å². The highest BCUT2D eigenvalue weighted by molar-refractivity contribution is 5.29. The van der Waals surface area contributed by atoms with Crippen molar-refractivity contribution in [1.82, 2.24) is 15.1 Å². The fourth-order valence-corrected chi connectivity index (χ4v) is 2.84. The summed E-state index contributed by atoms with van der Waals surface area (Å²) in [5.74, 6) is 0.535. The van der Waals surface area contributed by atoms with E-state index < -0.39 is 0 Å². The van der Waals surface area contributed by atoms with Gasteiger partial charge in [0.15, 0.2) is 0 Å². The summed E-state index contributed by atoms with van der Waals surface area (Å²) in [6.07, 6.45) is 2.30. The molecule has 1 aromatic heterocycles. The quantitative estimate of drug-likeness (QED) is 0.803. The first-order chi connectivity index (χ1) is 8.56. The van der Waals surface area contributed by atoms with Crippen molar-refractivity contribution in [3.8, 4) is 0 Å². The third-order valence-electron chi connectivity index (χ3n) is 3.86. The number of nitrogens with one attached hydrogen (secondary N) is 1. The Labute approximate surface area is 112 Å². The van der Waals surface area contributed by atoms with Crippen LogP contribution in [0.4, 0.5) is 0 Å². The Morgan fingerprint density at radius 3 is 2.28 bits per heavy atom. The van der Waals surface area contributed by atoms with Crippen molar-refractivity contribution in [1.29, 1.82) is 0 Å². The SMILES string of the molecule is CCNCC(C)c1c(C)nn(C(CC)CC)c1C. The summed E-state index contributed by atoms with van der Waals surface area (Å²) in [6.45, 7) is 15.4. The third-order valence-corrected chi connectivity index (χ3v) is 3.86. The Balaban J connectivity index is 2.99. The predicted molar refractivity (Wildman–Crippen MR) is 78.3 cm³/mol. The van der Waals surface area contributed by atoms with Crippen LogP contribution in [0.15, 0.2) is 0 Å². The van der Waals surface area contributed by atoms with E-state index in [9.17, 15) is 0 Å². The van der Waals surface area contributed by atoms with Gasteiger partial charge in [-0.2, -0.15) is 5.10 Å². The third kappa shape index (κ3) is 3.14. The van der Waals surface area contributed by atoms with Gasteiger partial charge in [0.05, 0.1) is 11.7 Å². The van der Waals surface area contributed by atoms with E-state index in [1.165, 1.54) is 17.0 Å². The Morgan fingerprint density at radius 1 is 1.17 bits per heavy atom. The van der Waals surface area contributed by atoms with Crippen molar-refractivity contribution < 1.29 is 0 Å². The molecule has 18 heavy (non-hydrogen) atoms. The van der Waals surface area contributed by atoms with Crippen LogP contribution in [0.5, 0.6) is 0 Å². The minimum Gasteiger partial charge on any atom is -0.316 e. The van der Waals surface area contributed by atoms with Gasteiger partial charge in [0.1, 0.15) is 0 Å². The Morgan fingerprint density at radius 2 is 1.78 bits per heavy atom. The molecule has 0 saturated heterocycles. The van der Waals surface area contributed by atoms with Crippen LogP contribution in [0.25, 0.3) is 0 Å². The number of aromatic nitrogens is 2. The number of aryl methyl sites for hydroxylation is 1. The van der Waals surface area contributed by atoms with Crippen LogP contribution in [-0.4, -0.2) is 22.9 Å². The Hall–Kier alpha value is -0.830. The number of rotatable bonds is 7. The molecule has 0 radical (unpaired) electrons. The highest BCUT2D eigenvalue weighted by Crippen LogP contribution is 2.27. The minimum atomic E-state index is 0.535. The Bertz CT molecular complexity index is 364. The summed E-state index contributed by atoms with van der Waals surface area (Å²) in [5.41, 5.74) is 3.99. The van der Waals surface area contributed by atoms with Gasteiger partial charge in [-0.1, -0.05) is 27.7 Å².